The number of carbonyl (C=O) groups is 2. The summed E-state index contributed by atoms with van der Waals surface area (Å²) in [6, 6.07) is 17.4. The first-order valence-electron chi connectivity index (χ1n) is 11.1. The van der Waals surface area contributed by atoms with Gasteiger partial charge in [-0.25, -0.2) is 0 Å². The van der Waals surface area contributed by atoms with Gasteiger partial charge in [0.25, 0.3) is 0 Å². The average Bonchev–Trinajstić information content (AvgIpc) is 2.81. The van der Waals surface area contributed by atoms with E-state index in [9.17, 15) is 18.4 Å². The Labute approximate surface area is 193 Å². The minimum atomic E-state index is -0.880. The number of hydrogen-bond donors (Lipinski definition) is 0. The number of rotatable bonds is 9. The molecule has 0 saturated carbocycles. The highest BCUT2D eigenvalue weighted by atomic mass is 19.1. The van der Waals surface area contributed by atoms with Crippen molar-refractivity contribution in [3.63, 3.8) is 0 Å². The molecule has 0 saturated heterocycles. The van der Waals surface area contributed by atoms with Crippen LogP contribution in [0.25, 0.3) is 11.1 Å². The summed E-state index contributed by atoms with van der Waals surface area (Å²) in [4.78, 5) is 29.8. The van der Waals surface area contributed by atoms with Crippen molar-refractivity contribution in [3.05, 3.63) is 83.7 Å². The van der Waals surface area contributed by atoms with E-state index in [4.69, 9.17) is 0 Å². The van der Waals surface area contributed by atoms with E-state index in [0.717, 1.165) is 22.9 Å². The van der Waals surface area contributed by atoms with Crippen LogP contribution >= 0.6 is 0 Å². The quantitative estimate of drug-likeness (QED) is 0.286. The molecule has 172 valence electrons. The van der Waals surface area contributed by atoms with Crippen LogP contribution < -0.4 is 4.90 Å². The van der Waals surface area contributed by atoms with Crippen molar-refractivity contribution >= 4 is 17.4 Å². The van der Waals surface area contributed by atoms with E-state index in [2.05, 4.69) is 18.8 Å². The molecule has 1 aromatic heterocycles. The molecule has 0 spiro atoms. The number of hydrogen-bond acceptors (Lipinski definition) is 3. The fourth-order valence-electron chi connectivity index (χ4n) is 3.61. The van der Waals surface area contributed by atoms with Gasteiger partial charge in [-0.3, -0.25) is 9.59 Å². The molecule has 3 rings (SSSR count). The van der Waals surface area contributed by atoms with Crippen molar-refractivity contribution in [2.45, 2.75) is 40.0 Å². The molecular formula is C27H28F2N2O2. The smallest absolute Gasteiger partial charge is 0.226 e. The van der Waals surface area contributed by atoms with Gasteiger partial charge in [0.05, 0.1) is 0 Å². The third-order valence-electron chi connectivity index (χ3n) is 5.38. The topological polar surface area (TPSA) is 50.3 Å². The van der Waals surface area contributed by atoms with Gasteiger partial charge in [-0.2, -0.15) is 13.8 Å². The number of benzene rings is 2. The lowest BCUT2D eigenvalue weighted by atomic mass is 9.99. The minimum Gasteiger partial charge on any atom is -0.312 e. The lowest BCUT2D eigenvalue weighted by Crippen LogP contribution is -2.33. The predicted molar refractivity (Wildman–Crippen MR) is 126 cm³/mol. The Balaban J connectivity index is 1.67. The van der Waals surface area contributed by atoms with Crippen LogP contribution in [0.15, 0.2) is 60.7 Å². The Morgan fingerprint density at radius 3 is 2.06 bits per heavy atom. The second-order valence-electron chi connectivity index (χ2n) is 8.38. The van der Waals surface area contributed by atoms with E-state index in [1.54, 1.807) is 12.1 Å². The largest absolute Gasteiger partial charge is 0.312 e. The molecule has 0 fully saturated rings. The molecule has 0 unspecified atom stereocenters. The zero-order valence-corrected chi connectivity index (χ0v) is 19.1. The SMILES string of the molecule is CCC(=O)N(CC(C)C)c1ccc(-c2ccc(C(=O)CCc3ccc(F)nc3F)cc2)cc1. The molecule has 0 aliphatic carbocycles. The fourth-order valence-corrected chi connectivity index (χ4v) is 3.61. The van der Waals surface area contributed by atoms with Crippen molar-refractivity contribution in [1.29, 1.82) is 0 Å². The summed E-state index contributed by atoms with van der Waals surface area (Å²) in [6.45, 7) is 6.70. The number of nitrogens with zero attached hydrogens (tertiary/aromatic N) is 2. The summed E-state index contributed by atoms with van der Waals surface area (Å²) in [5.74, 6) is -1.43. The van der Waals surface area contributed by atoms with E-state index in [1.165, 1.54) is 6.07 Å². The minimum absolute atomic E-state index is 0.0932. The number of halogens is 2. The van der Waals surface area contributed by atoms with Gasteiger partial charge in [-0.1, -0.05) is 57.2 Å². The van der Waals surface area contributed by atoms with Crippen molar-refractivity contribution in [3.8, 4) is 11.1 Å². The Kier molecular flexibility index (Phi) is 8.04. The van der Waals surface area contributed by atoms with Crippen molar-refractivity contribution in [1.82, 2.24) is 4.98 Å². The molecule has 1 amide bonds. The molecule has 2 aromatic carbocycles. The highest BCUT2D eigenvalue weighted by Crippen LogP contribution is 2.25. The summed E-state index contributed by atoms with van der Waals surface area (Å²) >= 11 is 0. The molecule has 4 nitrogen and oxygen atoms in total. The number of ketones is 1. The number of Topliss-reactive ketones (excluding diaryl/α,β-unsaturated/α-hetero) is 1. The van der Waals surface area contributed by atoms with Crippen LogP contribution in [0.1, 0.15) is 49.5 Å². The molecule has 0 N–H and O–H groups in total. The number of aryl methyl sites for hydroxylation is 1. The van der Waals surface area contributed by atoms with Crippen LogP contribution in [0.5, 0.6) is 0 Å². The van der Waals surface area contributed by atoms with Crippen molar-refractivity contribution < 1.29 is 18.4 Å². The van der Waals surface area contributed by atoms with Crippen molar-refractivity contribution in [2.75, 3.05) is 11.4 Å². The summed E-state index contributed by atoms with van der Waals surface area (Å²) in [5.41, 5.74) is 3.54. The van der Waals surface area contributed by atoms with Crippen LogP contribution in [0.3, 0.4) is 0 Å². The molecule has 0 aliphatic heterocycles. The molecule has 0 atom stereocenters. The van der Waals surface area contributed by atoms with E-state index in [-0.39, 0.29) is 30.1 Å². The van der Waals surface area contributed by atoms with E-state index in [1.807, 2.05) is 48.2 Å². The monoisotopic (exact) mass is 450 g/mol. The summed E-state index contributed by atoms with van der Waals surface area (Å²) in [6.07, 6.45) is 0.716. The van der Waals surface area contributed by atoms with Crippen molar-refractivity contribution in [2.24, 2.45) is 5.92 Å². The number of aromatic nitrogens is 1. The van der Waals surface area contributed by atoms with Gasteiger partial charge in [-0.15, -0.1) is 0 Å². The Bertz CT molecular complexity index is 1110. The van der Waals surface area contributed by atoms with Gasteiger partial charge in [-0.05, 0) is 47.7 Å². The molecule has 3 aromatic rings. The molecule has 0 bridgehead atoms. The Morgan fingerprint density at radius 2 is 1.52 bits per heavy atom. The fraction of sp³-hybridized carbons (Fsp3) is 0.296. The second-order valence-corrected chi connectivity index (χ2v) is 8.38. The first-order chi connectivity index (χ1) is 15.8. The number of carbonyl (C=O) groups excluding carboxylic acids is 2. The van der Waals surface area contributed by atoms with E-state index in [0.29, 0.717) is 24.4 Å². The third-order valence-corrected chi connectivity index (χ3v) is 5.38. The lowest BCUT2D eigenvalue weighted by molar-refractivity contribution is -0.118. The maximum atomic E-state index is 13.7. The van der Waals surface area contributed by atoms with Crippen LogP contribution in [0.4, 0.5) is 14.5 Å². The second kappa shape index (κ2) is 10.9. The van der Waals surface area contributed by atoms with Crippen LogP contribution in [-0.2, 0) is 11.2 Å². The Hall–Kier alpha value is -3.41. The predicted octanol–water partition coefficient (Wildman–Crippen LogP) is 6.24. The van der Waals surface area contributed by atoms with Crippen LogP contribution in [0, 0.1) is 17.8 Å². The number of pyridine rings is 1. The Morgan fingerprint density at radius 1 is 0.909 bits per heavy atom. The summed E-state index contributed by atoms with van der Waals surface area (Å²) in [5, 5.41) is 0. The zero-order chi connectivity index (χ0) is 24.0. The molecule has 0 aliphatic rings. The van der Waals surface area contributed by atoms with E-state index < -0.39 is 11.9 Å². The maximum absolute atomic E-state index is 13.7. The molecule has 1 heterocycles. The lowest BCUT2D eigenvalue weighted by Gasteiger charge is -2.24. The first-order valence-corrected chi connectivity index (χ1v) is 11.1. The normalized spacial score (nSPS) is 11.0. The summed E-state index contributed by atoms with van der Waals surface area (Å²) < 4.78 is 26.6. The maximum Gasteiger partial charge on any atom is 0.226 e. The van der Waals surface area contributed by atoms with Crippen LogP contribution in [-0.4, -0.2) is 23.2 Å². The number of anilines is 1. The zero-order valence-electron chi connectivity index (χ0n) is 19.1. The van der Waals surface area contributed by atoms with Crippen LogP contribution in [0.2, 0.25) is 0 Å². The molecular weight excluding hydrogens is 422 g/mol. The van der Waals surface area contributed by atoms with Gasteiger partial charge >= 0.3 is 0 Å². The standard InChI is InChI=1S/C27H28F2N2O2/c1-4-26(33)31(17-18(2)3)23-13-9-20(10-14-23)19-5-7-21(8-6-19)24(32)15-11-22-12-16-25(28)30-27(22)29/h5-10,12-14,16,18H,4,11,15,17H2,1-3H3. The molecule has 33 heavy (non-hydrogen) atoms. The molecule has 0 radical (unpaired) electrons. The number of amides is 1. The van der Waals surface area contributed by atoms with Gasteiger partial charge in [0, 0.05) is 36.2 Å². The van der Waals surface area contributed by atoms with Gasteiger partial charge in [0.15, 0.2) is 5.78 Å². The first kappa shape index (κ1) is 24.2. The van der Waals surface area contributed by atoms with Gasteiger partial charge in [0.2, 0.25) is 17.8 Å². The molecule has 6 heteroatoms. The third kappa shape index (κ3) is 6.31. The van der Waals surface area contributed by atoms with Gasteiger partial charge in [0.1, 0.15) is 0 Å². The highest BCUT2D eigenvalue weighted by molar-refractivity contribution is 5.96. The van der Waals surface area contributed by atoms with Gasteiger partial charge < -0.3 is 4.90 Å². The summed E-state index contributed by atoms with van der Waals surface area (Å²) in [7, 11) is 0. The highest BCUT2D eigenvalue weighted by Gasteiger charge is 2.15. The average molecular weight is 451 g/mol. The van der Waals surface area contributed by atoms with E-state index >= 15 is 0 Å².